The number of hydrogen-bond donors (Lipinski definition) is 0. The molecule has 0 atom stereocenters. The largest absolute Gasteiger partial charge is 0.485 e. The number of aryl methyl sites for hydroxylation is 2. The molecule has 0 spiro atoms. The summed E-state index contributed by atoms with van der Waals surface area (Å²) in [6, 6.07) is 16.1. The number of carbonyl (C=O) groups is 1. The lowest BCUT2D eigenvalue weighted by Crippen LogP contribution is -2.48. The fourth-order valence-electron chi connectivity index (χ4n) is 3.70. The van der Waals surface area contributed by atoms with Crippen LogP contribution in [0.3, 0.4) is 0 Å². The van der Waals surface area contributed by atoms with Crippen molar-refractivity contribution >= 4 is 5.91 Å². The number of ether oxygens (including phenoxy) is 1. The van der Waals surface area contributed by atoms with Gasteiger partial charge >= 0.3 is 0 Å². The van der Waals surface area contributed by atoms with E-state index in [0.717, 1.165) is 42.1 Å². The monoisotopic (exact) mass is 422 g/mol. The number of hydrogen-bond acceptors (Lipinski definition) is 4. The average molecular weight is 423 g/mol. The molecule has 1 fully saturated rings. The molecule has 0 saturated carbocycles. The predicted octanol–water partition coefficient (Wildman–Crippen LogP) is 4.57. The third kappa shape index (κ3) is 5.33. The summed E-state index contributed by atoms with van der Waals surface area (Å²) in [5.74, 6) is 1.46. The topological polar surface area (TPSA) is 45.9 Å². The van der Waals surface area contributed by atoms with E-state index < -0.39 is 0 Å². The zero-order chi connectivity index (χ0) is 21.8. The van der Waals surface area contributed by atoms with Crippen molar-refractivity contribution in [3.8, 4) is 5.75 Å². The van der Waals surface area contributed by atoms with Gasteiger partial charge < -0.3 is 14.1 Å². The molecule has 2 aromatic carbocycles. The van der Waals surface area contributed by atoms with Crippen LogP contribution in [0.15, 0.2) is 59.0 Å². The Morgan fingerprint density at radius 2 is 1.74 bits per heavy atom. The van der Waals surface area contributed by atoms with Crippen LogP contribution in [0.1, 0.15) is 33.0 Å². The molecule has 0 N–H and O–H groups in total. The van der Waals surface area contributed by atoms with Crippen molar-refractivity contribution in [3.05, 3.63) is 88.6 Å². The predicted molar refractivity (Wildman–Crippen MR) is 117 cm³/mol. The fraction of sp³-hybridized carbons (Fsp3) is 0.320. The minimum atomic E-state index is -0.226. The Balaban J connectivity index is 1.29. The van der Waals surface area contributed by atoms with Crippen LogP contribution in [0.2, 0.25) is 0 Å². The first-order valence-electron chi connectivity index (χ1n) is 10.5. The number of piperazine rings is 1. The van der Waals surface area contributed by atoms with E-state index in [1.165, 1.54) is 12.1 Å². The van der Waals surface area contributed by atoms with E-state index >= 15 is 0 Å². The van der Waals surface area contributed by atoms with Gasteiger partial charge in [0, 0.05) is 32.7 Å². The zero-order valence-corrected chi connectivity index (χ0v) is 17.9. The van der Waals surface area contributed by atoms with Gasteiger partial charge in [-0.05, 0) is 60.9 Å². The third-order valence-corrected chi connectivity index (χ3v) is 5.56. The van der Waals surface area contributed by atoms with Crippen LogP contribution in [0.5, 0.6) is 5.75 Å². The highest BCUT2D eigenvalue weighted by molar-refractivity contribution is 5.91. The van der Waals surface area contributed by atoms with Crippen molar-refractivity contribution in [2.45, 2.75) is 27.0 Å². The summed E-state index contributed by atoms with van der Waals surface area (Å²) in [6.07, 6.45) is 0. The van der Waals surface area contributed by atoms with E-state index in [4.69, 9.17) is 9.15 Å². The normalized spacial score (nSPS) is 14.6. The van der Waals surface area contributed by atoms with Gasteiger partial charge in [0.25, 0.3) is 5.91 Å². The SMILES string of the molecule is Cc1ccc(C)c(OCc2ccc(C(=O)N3CCN(Cc4ccc(F)cc4)CC3)o2)c1. The Hall–Kier alpha value is -3.12. The lowest BCUT2D eigenvalue weighted by atomic mass is 10.1. The second-order valence-corrected chi connectivity index (χ2v) is 8.02. The van der Waals surface area contributed by atoms with Crippen LogP contribution < -0.4 is 4.74 Å². The molecule has 6 heteroatoms. The molecule has 3 aromatic rings. The smallest absolute Gasteiger partial charge is 0.289 e. The summed E-state index contributed by atoms with van der Waals surface area (Å²) >= 11 is 0. The Morgan fingerprint density at radius 3 is 2.48 bits per heavy atom. The number of carbonyl (C=O) groups excluding carboxylic acids is 1. The first-order chi connectivity index (χ1) is 15.0. The second-order valence-electron chi connectivity index (χ2n) is 8.02. The highest BCUT2D eigenvalue weighted by Crippen LogP contribution is 2.21. The van der Waals surface area contributed by atoms with Crippen molar-refractivity contribution in [2.75, 3.05) is 26.2 Å². The van der Waals surface area contributed by atoms with Gasteiger partial charge in [-0.15, -0.1) is 0 Å². The van der Waals surface area contributed by atoms with E-state index in [0.29, 0.717) is 24.6 Å². The maximum Gasteiger partial charge on any atom is 0.289 e. The standard InChI is InChI=1S/C25H27FN2O3/c1-18-3-4-19(2)24(15-18)30-17-22-9-10-23(31-22)25(29)28-13-11-27(12-14-28)16-20-5-7-21(26)8-6-20/h3-10,15H,11-14,16-17H2,1-2H3. The minimum Gasteiger partial charge on any atom is -0.485 e. The van der Waals surface area contributed by atoms with Crippen molar-refractivity contribution in [3.63, 3.8) is 0 Å². The number of furan rings is 1. The summed E-state index contributed by atoms with van der Waals surface area (Å²) in [7, 11) is 0. The number of rotatable bonds is 6. The molecule has 0 bridgehead atoms. The maximum atomic E-state index is 13.1. The molecule has 4 rings (SSSR count). The summed E-state index contributed by atoms with van der Waals surface area (Å²) in [4.78, 5) is 16.9. The van der Waals surface area contributed by atoms with Crippen LogP contribution in [0.25, 0.3) is 0 Å². The second kappa shape index (κ2) is 9.35. The van der Waals surface area contributed by atoms with Crippen LogP contribution in [0.4, 0.5) is 4.39 Å². The van der Waals surface area contributed by atoms with Gasteiger partial charge in [0.15, 0.2) is 5.76 Å². The lowest BCUT2D eigenvalue weighted by molar-refractivity contribution is 0.0594. The minimum absolute atomic E-state index is 0.0978. The zero-order valence-electron chi connectivity index (χ0n) is 17.9. The number of benzene rings is 2. The van der Waals surface area contributed by atoms with E-state index in [2.05, 4.69) is 4.90 Å². The first kappa shape index (κ1) is 21.1. The summed E-state index contributed by atoms with van der Waals surface area (Å²) in [6.45, 7) is 7.87. The number of amides is 1. The third-order valence-electron chi connectivity index (χ3n) is 5.56. The van der Waals surface area contributed by atoms with Gasteiger partial charge in [-0.1, -0.05) is 24.3 Å². The van der Waals surface area contributed by atoms with Crippen molar-refractivity contribution in [1.29, 1.82) is 0 Å². The molecule has 1 aromatic heterocycles. The quantitative estimate of drug-likeness (QED) is 0.584. The molecular weight excluding hydrogens is 395 g/mol. The Labute approximate surface area is 182 Å². The highest BCUT2D eigenvalue weighted by atomic mass is 19.1. The molecule has 1 aliphatic rings. The molecule has 31 heavy (non-hydrogen) atoms. The fourth-order valence-corrected chi connectivity index (χ4v) is 3.70. The number of halogens is 1. The molecule has 2 heterocycles. The molecule has 0 aliphatic carbocycles. The number of nitrogens with zero attached hydrogens (tertiary/aromatic N) is 2. The van der Waals surface area contributed by atoms with Crippen molar-refractivity contribution in [2.24, 2.45) is 0 Å². The van der Waals surface area contributed by atoms with E-state index in [9.17, 15) is 9.18 Å². The van der Waals surface area contributed by atoms with Gasteiger partial charge in [-0.2, -0.15) is 0 Å². The van der Waals surface area contributed by atoms with Crippen molar-refractivity contribution < 1.29 is 18.3 Å². The summed E-state index contributed by atoms with van der Waals surface area (Å²) in [5.41, 5.74) is 3.27. The van der Waals surface area contributed by atoms with Gasteiger partial charge in [0.2, 0.25) is 0 Å². The molecule has 5 nitrogen and oxygen atoms in total. The van der Waals surface area contributed by atoms with Gasteiger partial charge in [-0.3, -0.25) is 9.69 Å². The molecular formula is C25H27FN2O3. The van der Waals surface area contributed by atoms with E-state index in [1.54, 1.807) is 24.3 Å². The van der Waals surface area contributed by atoms with Crippen molar-refractivity contribution in [1.82, 2.24) is 9.80 Å². The molecule has 1 saturated heterocycles. The van der Waals surface area contributed by atoms with Crippen LogP contribution in [-0.2, 0) is 13.2 Å². The average Bonchev–Trinajstić information content (AvgIpc) is 3.25. The maximum absolute atomic E-state index is 13.1. The van der Waals surface area contributed by atoms with Gasteiger partial charge in [0.1, 0.15) is 23.9 Å². The Morgan fingerprint density at radius 1 is 1.00 bits per heavy atom. The lowest BCUT2D eigenvalue weighted by Gasteiger charge is -2.34. The molecule has 0 unspecified atom stereocenters. The highest BCUT2D eigenvalue weighted by Gasteiger charge is 2.24. The van der Waals surface area contributed by atoms with Crippen LogP contribution >= 0.6 is 0 Å². The molecule has 1 aliphatic heterocycles. The van der Waals surface area contributed by atoms with Gasteiger partial charge in [-0.25, -0.2) is 4.39 Å². The summed E-state index contributed by atoms with van der Waals surface area (Å²) in [5, 5.41) is 0. The Kier molecular flexibility index (Phi) is 6.37. The van der Waals surface area contributed by atoms with E-state index in [1.807, 2.05) is 36.9 Å². The molecule has 0 radical (unpaired) electrons. The van der Waals surface area contributed by atoms with E-state index in [-0.39, 0.29) is 18.3 Å². The Bertz CT molecular complexity index is 1040. The summed E-state index contributed by atoms with van der Waals surface area (Å²) < 4.78 is 24.7. The van der Waals surface area contributed by atoms with Gasteiger partial charge in [0.05, 0.1) is 0 Å². The van der Waals surface area contributed by atoms with Crippen LogP contribution in [-0.4, -0.2) is 41.9 Å². The molecule has 1 amide bonds. The molecule has 162 valence electrons. The first-order valence-corrected chi connectivity index (χ1v) is 10.5. The van der Waals surface area contributed by atoms with Crippen LogP contribution in [0, 0.1) is 19.7 Å².